The summed E-state index contributed by atoms with van der Waals surface area (Å²) in [6.45, 7) is 1.99. The van der Waals surface area contributed by atoms with Gasteiger partial charge in [-0.2, -0.15) is 0 Å². The first-order valence-electron chi connectivity index (χ1n) is 4.68. The summed E-state index contributed by atoms with van der Waals surface area (Å²) in [5.74, 6) is 0. The Balaban J connectivity index is 2.26. The van der Waals surface area contributed by atoms with Gasteiger partial charge in [-0.25, -0.2) is 4.79 Å². The molecule has 1 amide bonds. The van der Waals surface area contributed by atoms with Crippen molar-refractivity contribution in [3.63, 3.8) is 0 Å². The van der Waals surface area contributed by atoms with E-state index in [9.17, 15) is 4.79 Å². The highest BCUT2D eigenvalue weighted by Crippen LogP contribution is 2.30. The van der Waals surface area contributed by atoms with Gasteiger partial charge in [0, 0.05) is 7.05 Å². The Morgan fingerprint density at radius 1 is 1.29 bits per heavy atom. The van der Waals surface area contributed by atoms with Crippen LogP contribution in [0.5, 0.6) is 0 Å². The number of carbonyl (C=O) groups excluding carboxylic acids is 1. The number of hydrogen-bond donors (Lipinski definition) is 0. The first kappa shape index (κ1) is 9.06. The molecule has 0 aromatic heterocycles. The second-order valence-electron chi connectivity index (χ2n) is 3.57. The predicted octanol–water partition coefficient (Wildman–Crippen LogP) is 2.20. The fraction of sp³-hybridized carbons (Fsp3) is 0.364. The highest BCUT2D eigenvalue weighted by molar-refractivity contribution is 5.70. The second-order valence-corrected chi connectivity index (χ2v) is 3.57. The Morgan fingerprint density at radius 3 is 2.43 bits per heavy atom. The van der Waals surface area contributed by atoms with Crippen molar-refractivity contribution in [1.82, 2.24) is 4.90 Å². The van der Waals surface area contributed by atoms with Crippen LogP contribution in [0.2, 0.25) is 0 Å². The van der Waals surface area contributed by atoms with Crippen molar-refractivity contribution in [3.05, 3.63) is 35.9 Å². The van der Waals surface area contributed by atoms with Crippen LogP contribution in [0, 0.1) is 0 Å². The fourth-order valence-corrected chi connectivity index (χ4v) is 1.65. The van der Waals surface area contributed by atoms with Gasteiger partial charge in [-0.15, -0.1) is 0 Å². The molecule has 74 valence electrons. The Labute approximate surface area is 83.3 Å². The molecule has 1 heterocycles. The maximum Gasteiger partial charge on any atom is 0.410 e. The van der Waals surface area contributed by atoms with Gasteiger partial charge in [0.1, 0.15) is 6.10 Å². The molecule has 1 saturated heterocycles. The molecule has 2 rings (SSSR count). The van der Waals surface area contributed by atoms with E-state index in [1.807, 2.05) is 37.3 Å². The van der Waals surface area contributed by atoms with Gasteiger partial charge in [0.05, 0.1) is 6.04 Å². The predicted molar refractivity (Wildman–Crippen MR) is 52.9 cm³/mol. The second kappa shape index (κ2) is 3.33. The Bertz CT molecular complexity index is 336. The number of rotatable bonds is 1. The number of carbonyl (C=O) groups is 1. The number of hydrogen-bond acceptors (Lipinski definition) is 2. The molecule has 0 aliphatic carbocycles. The van der Waals surface area contributed by atoms with E-state index < -0.39 is 0 Å². The number of amides is 1. The zero-order valence-electron chi connectivity index (χ0n) is 8.31. The van der Waals surface area contributed by atoms with Crippen molar-refractivity contribution in [2.24, 2.45) is 0 Å². The van der Waals surface area contributed by atoms with Crippen molar-refractivity contribution in [1.29, 1.82) is 0 Å². The highest BCUT2D eigenvalue weighted by atomic mass is 16.6. The van der Waals surface area contributed by atoms with Gasteiger partial charge < -0.3 is 9.64 Å². The van der Waals surface area contributed by atoms with E-state index in [4.69, 9.17) is 4.74 Å². The Hall–Kier alpha value is -1.51. The zero-order valence-corrected chi connectivity index (χ0v) is 8.31. The largest absolute Gasteiger partial charge is 0.439 e. The number of benzene rings is 1. The van der Waals surface area contributed by atoms with Crippen molar-refractivity contribution in [3.8, 4) is 0 Å². The van der Waals surface area contributed by atoms with Crippen LogP contribution < -0.4 is 0 Å². The summed E-state index contributed by atoms with van der Waals surface area (Å²) in [6.07, 6.45) is -0.375. The van der Waals surface area contributed by atoms with Crippen LogP contribution in [-0.4, -0.2) is 24.1 Å². The molecule has 0 saturated carbocycles. The van der Waals surface area contributed by atoms with Gasteiger partial charge >= 0.3 is 6.09 Å². The van der Waals surface area contributed by atoms with Crippen LogP contribution in [0.25, 0.3) is 0 Å². The van der Waals surface area contributed by atoms with Crippen molar-refractivity contribution >= 4 is 6.09 Å². The smallest absolute Gasteiger partial charge is 0.410 e. The molecule has 3 heteroatoms. The van der Waals surface area contributed by atoms with Crippen LogP contribution in [-0.2, 0) is 4.74 Å². The van der Waals surface area contributed by atoms with Gasteiger partial charge in [-0.3, -0.25) is 0 Å². The molecule has 1 fully saturated rings. The minimum atomic E-state index is -0.244. The first-order valence-corrected chi connectivity index (χ1v) is 4.68. The summed E-state index contributed by atoms with van der Waals surface area (Å²) in [5, 5.41) is 0. The van der Waals surface area contributed by atoms with Gasteiger partial charge in [0.15, 0.2) is 0 Å². The van der Waals surface area contributed by atoms with E-state index >= 15 is 0 Å². The lowest BCUT2D eigenvalue weighted by Crippen LogP contribution is -2.27. The summed E-state index contributed by atoms with van der Waals surface area (Å²) in [4.78, 5) is 12.9. The maximum absolute atomic E-state index is 11.3. The van der Waals surface area contributed by atoms with Gasteiger partial charge in [-0.1, -0.05) is 30.3 Å². The highest BCUT2D eigenvalue weighted by Gasteiger charge is 2.36. The topological polar surface area (TPSA) is 29.5 Å². The summed E-state index contributed by atoms with van der Waals surface area (Å²) in [6, 6.07) is 9.92. The SMILES string of the molecule is C[C@@H]1C(c2ccccc2)OC(=O)N1C. The maximum atomic E-state index is 11.3. The molecule has 14 heavy (non-hydrogen) atoms. The van der Waals surface area contributed by atoms with Crippen LogP contribution in [0.15, 0.2) is 30.3 Å². The molecule has 1 aromatic rings. The minimum absolute atomic E-state index is 0.102. The quantitative estimate of drug-likeness (QED) is 0.681. The number of likely N-dealkylation sites (N-methyl/N-ethyl adjacent to an activating group) is 1. The Morgan fingerprint density at radius 2 is 1.93 bits per heavy atom. The van der Waals surface area contributed by atoms with Crippen LogP contribution in [0.3, 0.4) is 0 Å². The average Bonchev–Trinajstić information content (AvgIpc) is 2.47. The molecule has 1 aliphatic heterocycles. The number of cyclic esters (lactones) is 1. The lowest BCUT2D eigenvalue weighted by Gasteiger charge is -2.16. The van der Waals surface area contributed by atoms with Gasteiger partial charge in [0.25, 0.3) is 0 Å². The van der Waals surface area contributed by atoms with E-state index in [-0.39, 0.29) is 18.2 Å². The fourth-order valence-electron chi connectivity index (χ4n) is 1.65. The Kier molecular flexibility index (Phi) is 2.15. The molecular weight excluding hydrogens is 178 g/mol. The molecule has 3 nitrogen and oxygen atoms in total. The molecule has 0 spiro atoms. The van der Waals surface area contributed by atoms with Crippen molar-refractivity contribution in [2.75, 3.05) is 7.05 Å². The molecule has 0 N–H and O–H groups in total. The monoisotopic (exact) mass is 191 g/mol. The molecule has 2 atom stereocenters. The van der Waals surface area contributed by atoms with E-state index in [1.165, 1.54) is 0 Å². The molecule has 1 aromatic carbocycles. The molecule has 1 aliphatic rings. The van der Waals surface area contributed by atoms with E-state index in [1.54, 1.807) is 11.9 Å². The third-order valence-electron chi connectivity index (χ3n) is 2.69. The summed E-state index contributed by atoms with van der Waals surface area (Å²) in [5.41, 5.74) is 1.05. The number of nitrogens with zero attached hydrogens (tertiary/aromatic N) is 1. The third kappa shape index (κ3) is 1.35. The van der Waals surface area contributed by atoms with Crippen molar-refractivity contribution < 1.29 is 9.53 Å². The summed E-state index contributed by atoms with van der Waals surface area (Å²) in [7, 11) is 1.76. The average molecular weight is 191 g/mol. The molecule has 0 bridgehead atoms. The zero-order chi connectivity index (χ0) is 10.1. The summed E-state index contributed by atoms with van der Waals surface area (Å²) >= 11 is 0. The molecule has 1 unspecified atom stereocenters. The standard InChI is InChI=1S/C11H13NO2/c1-8-10(14-11(13)12(8)2)9-6-4-3-5-7-9/h3-8,10H,1-2H3/t8-,10?/m1/s1. The number of ether oxygens (including phenoxy) is 1. The van der Waals surface area contributed by atoms with Crippen LogP contribution in [0.1, 0.15) is 18.6 Å². The first-order chi connectivity index (χ1) is 6.70. The van der Waals surface area contributed by atoms with Gasteiger partial charge in [0.2, 0.25) is 0 Å². The minimum Gasteiger partial charge on any atom is -0.439 e. The van der Waals surface area contributed by atoms with Crippen LogP contribution >= 0.6 is 0 Å². The van der Waals surface area contributed by atoms with E-state index in [0.29, 0.717) is 0 Å². The third-order valence-corrected chi connectivity index (χ3v) is 2.69. The van der Waals surface area contributed by atoms with E-state index in [2.05, 4.69) is 0 Å². The lowest BCUT2D eigenvalue weighted by molar-refractivity contribution is 0.131. The molecular formula is C11H13NO2. The summed E-state index contributed by atoms with van der Waals surface area (Å²) < 4.78 is 5.26. The van der Waals surface area contributed by atoms with Crippen molar-refractivity contribution in [2.45, 2.75) is 19.1 Å². The lowest BCUT2D eigenvalue weighted by atomic mass is 10.0. The van der Waals surface area contributed by atoms with E-state index in [0.717, 1.165) is 5.56 Å². The molecule has 0 radical (unpaired) electrons. The van der Waals surface area contributed by atoms with Crippen LogP contribution in [0.4, 0.5) is 4.79 Å². The van der Waals surface area contributed by atoms with Gasteiger partial charge in [-0.05, 0) is 12.5 Å². The normalized spacial score (nSPS) is 26.4.